The van der Waals surface area contributed by atoms with Crippen LogP contribution in [0, 0.1) is 0 Å². The lowest BCUT2D eigenvalue weighted by Crippen LogP contribution is -1.97. The van der Waals surface area contributed by atoms with E-state index in [9.17, 15) is 0 Å². The van der Waals surface area contributed by atoms with E-state index in [2.05, 4.69) is 43.1 Å². The largest absolute Gasteiger partial charge is 0.492 e. The van der Waals surface area contributed by atoms with E-state index >= 15 is 0 Å². The fourth-order valence-corrected chi connectivity index (χ4v) is 2.49. The third kappa shape index (κ3) is 5.18. The van der Waals surface area contributed by atoms with Crippen LogP contribution in [0.5, 0.6) is 5.75 Å². The molecule has 0 fully saturated rings. The second-order valence-corrected chi connectivity index (χ2v) is 5.74. The van der Waals surface area contributed by atoms with Crippen molar-refractivity contribution in [2.75, 3.05) is 6.61 Å². The van der Waals surface area contributed by atoms with Crippen LogP contribution in [0.2, 0.25) is 0 Å². The Kier molecular flexibility index (Phi) is 6.95. The average Bonchev–Trinajstić information content (AvgIpc) is 2.56. The van der Waals surface area contributed by atoms with Crippen LogP contribution in [-0.4, -0.2) is 11.6 Å². The lowest BCUT2D eigenvalue weighted by atomic mass is 10.1. The van der Waals surface area contributed by atoms with Gasteiger partial charge in [-0.1, -0.05) is 63.8 Å². The Morgan fingerprint density at radius 3 is 2.32 bits per heavy atom. The third-order valence-corrected chi connectivity index (χ3v) is 3.79. The van der Waals surface area contributed by atoms with Gasteiger partial charge in [-0.25, -0.2) is 0 Å². The van der Waals surface area contributed by atoms with Crippen molar-refractivity contribution >= 4 is 0 Å². The van der Waals surface area contributed by atoms with Gasteiger partial charge in [-0.2, -0.15) is 0 Å². The zero-order chi connectivity index (χ0) is 15.6. The molecule has 0 aliphatic rings. The van der Waals surface area contributed by atoms with Crippen molar-refractivity contribution in [3.05, 3.63) is 48.2 Å². The minimum atomic E-state index is 0.784. The highest BCUT2D eigenvalue weighted by molar-refractivity contribution is 5.59. The van der Waals surface area contributed by atoms with E-state index in [1.54, 1.807) is 0 Å². The first-order chi connectivity index (χ1) is 10.8. The number of hydrogen-bond donors (Lipinski definition) is 0. The van der Waals surface area contributed by atoms with Gasteiger partial charge in [0.2, 0.25) is 0 Å². The van der Waals surface area contributed by atoms with Crippen LogP contribution in [0.4, 0.5) is 0 Å². The number of pyridine rings is 1. The summed E-state index contributed by atoms with van der Waals surface area (Å²) < 4.78 is 5.73. The molecule has 0 bridgehead atoms. The summed E-state index contributed by atoms with van der Waals surface area (Å²) >= 11 is 0. The van der Waals surface area contributed by atoms with Crippen LogP contribution in [0.3, 0.4) is 0 Å². The molecule has 1 heterocycles. The highest BCUT2D eigenvalue weighted by Crippen LogP contribution is 2.20. The first kappa shape index (κ1) is 16.5. The molecule has 1 aromatic carbocycles. The first-order valence-corrected chi connectivity index (χ1v) is 8.51. The van der Waals surface area contributed by atoms with Crippen LogP contribution in [0.25, 0.3) is 11.3 Å². The summed E-state index contributed by atoms with van der Waals surface area (Å²) in [5.41, 5.74) is 3.55. The molecule has 2 rings (SSSR count). The molecule has 0 amide bonds. The Hall–Kier alpha value is -1.83. The van der Waals surface area contributed by atoms with Crippen LogP contribution >= 0.6 is 0 Å². The fourth-order valence-electron chi connectivity index (χ4n) is 2.49. The van der Waals surface area contributed by atoms with Crippen LogP contribution in [0.1, 0.15) is 51.5 Å². The predicted molar refractivity (Wildman–Crippen MR) is 93.3 cm³/mol. The van der Waals surface area contributed by atoms with E-state index in [4.69, 9.17) is 4.74 Å². The van der Waals surface area contributed by atoms with Crippen LogP contribution < -0.4 is 4.74 Å². The summed E-state index contributed by atoms with van der Waals surface area (Å²) in [6, 6.07) is 12.7. The number of hydrogen-bond acceptors (Lipinski definition) is 2. The molecular weight excluding hydrogens is 270 g/mol. The standard InChI is InChI=1S/C20H27NO/c1-3-5-6-7-15-22-19-13-14-20(21-16-19)18-11-9-17(8-4-2)10-12-18/h9-14,16H,3-8,15H2,1-2H3. The Morgan fingerprint density at radius 1 is 0.864 bits per heavy atom. The molecule has 0 N–H and O–H groups in total. The molecule has 0 aliphatic heterocycles. The summed E-state index contributed by atoms with van der Waals surface area (Å²) in [5.74, 6) is 0.864. The molecule has 2 heteroatoms. The highest BCUT2D eigenvalue weighted by atomic mass is 16.5. The quantitative estimate of drug-likeness (QED) is 0.557. The molecule has 22 heavy (non-hydrogen) atoms. The highest BCUT2D eigenvalue weighted by Gasteiger charge is 2.01. The Morgan fingerprint density at radius 2 is 1.68 bits per heavy atom. The SMILES string of the molecule is CCCCCCOc1ccc(-c2ccc(CCC)cc2)nc1. The van der Waals surface area contributed by atoms with Crippen molar-refractivity contribution in [3.8, 4) is 17.0 Å². The normalized spacial score (nSPS) is 10.6. The Balaban J connectivity index is 1.88. The molecule has 0 radical (unpaired) electrons. The number of aromatic nitrogens is 1. The van der Waals surface area contributed by atoms with Crippen LogP contribution in [0.15, 0.2) is 42.6 Å². The van der Waals surface area contributed by atoms with Gasteiger partial charge in [-0.3, -0.25) is 4.98 Å². The monoisotopic (exact) mass is 297 g/mol. The van der Waals surface area contributed by atoms with Crippen molar-refractivity contribution in [2.24, 2.45) is 0 Å². The summed E-state index contributed by atoms with van der Waals surface area (Å²) in [7, 11) is 0. The second-order valence-electron chi connectivity index (χ2n) is 5.74. The molecule has 0 saturated heterocycles. The van der Waals surface area contributed by atoms with E-state index in [-0.39, 0.29) is 0 Å². The lowest BCUT2D eigenvalue weighted by Gasteiger charge is -2.07. The average molecular weight is 297 g/mol. The van der Waals surface area contributed by atoms with Gasteiger partial charge in [-0.15, -0.1) is 0 Å². The zero-order valence-corrected chi connectivity index (χ0v) is 13.8. The van der Waals surface area contributed by atoms with Gasteiger partial charge in [0.25, 0.3) is 0 Å². The second kappa shape index (κ2) is 9.24. The van der Waals surface area contributed by atoms with Gasteiger partial charge in [0.15, 0.2) is 0 Å². The van der Waals surface area contributed by atoms with Gasteiger partial charge in [-0.05, 0) is 30.5 Å². The molecule has 0 aliphatic carbocycles. The van der Waals surface area contributed by atoms with Gasteiger partial charge < -0.3 is 4.74 Å². The van der Waals surface area contributed by atoms with E-state index in [0.717, 1.165) is 36.5 Å². The van der Waals surface area contributed by atoms with Crippen molar-refractivity contribution < 1.29 is 4.74 Å². The van der Waals surface area contributed by atoms with Crippen molar-refractivity contribution in [1.29, 1.82) is 0 Å². The molecule has 118 valence electrons. The first-order valence-electron chi connectivity index (χ1n) is 8.51. The molecule has 0 spiro atoms. The van der Waals surface area contributed by atoms with Gasteiger partial charge in [0, 0.05) is 5.56 Å². The summed E-state index contributed by atoms with van der Waals surface area (Å²) in [5, 5.41) is 0. The predicted octanol–water partition coefficient (Wildman–Crippen LogP) is 5.66. The molecular formula is C20H27NO. The number of unbranched alkanes of at least 4 members (excludes halogenated alkanes) is 3. The molecule has 2 aromatic rings. The van der Waals surface area contributed by atoms with E-state index in [1.165, 1.54) is 31.2 Å². The van der Waals surface area contributed by atoms with E-state index in [0.29, 0.717) is 0 Å². The summed E-state index contributed by atoms with van der Waals surface area (Å²) in [6.45, 7) is 5.21. The maximum absolute atomic E-state index is 5.73. The summed E-state index contributed by atoms with van der Waals surface area (Å²) in [6.07, 6.45) is 9.05. The Labute approximate surface area is 134 Å². The number of aryl methyl sites for hydroxylation is 1. The minimum absolute atomic E-state index is 0.784. The lowest BCUT2D eigenvalue weighted by molar-refractivity contribution is 0.304. The van der Waals surface area contributed by atoms with Crippen molar-refractivity contribution in [2.45, 2.75) is 52.4 Å². The van der Waals surface area contributed by atoms with Crippen LogP contribution in [-0.2, 0) is 6.42 Å². The fraction of sp³-hybridized carbons (Fsp3) is 0.450. The molecule has 2 nitrogen and oxygen atoms in total. The smallest absolute Gasteiger partial charge is 0.137 e. The van der Waals surface area contributed by atoms with Gasteiger partial charge >= 0.3 is 0 Å². The maximum Gasteiger partial charge on any atom is 0.137 e. The molecule has 0 saturated carbocycles. The van der Waals surface area contributed by atoms with Gasteiger partial charge in [0.1, 0.15) is 5.75 Å². The molecule has 1 aromatic heterocycles. The van der Waals surface area contributed by atoms with E-state index < -0.39 is 0 Å². The number of benzene rings is 1. The maximum atomic E-state index is 5.73. The minimum Gasteiger partial charge on any atom is -0.492 e. The van der Waals surface area contributed by atoms with Crippen molar-refractivity contribution in [1.82, 2.24) is 4.98 Å². The number of ether oxygens (including phenoxy) is 1. The summed E-state index contributed by atoms with van der Waals surface area (Å²) in [4.78, 5) is 4.51. The van der Waals surface area contributed by atoms with E-state index in [1.807, 2.05) is 18.3 Å². The van der Waals surface area contributed by atoms with Gasteiger partial charge in [0.05, 0.1) is 18.5 Å². The molecule has 0 atom stereocenters. The third-order valence-electron chi connectivity index (χ3n) is 3.79. The molecule has 0 unspecified atom stereocenters. The number of rotatable bonds is 9. The Bertz CT molecular complexity index is 531. The number of nitrogens with zero attached hydrogens (tertiary/aromatic N) is 1. The zero-order valence-electron chi connectivity index (χ0n) is 13.8. The topological polar surface area (TPSA) is 22.1 Å². The van der Waals surface area contributed by atoms with Crippen molar-refractivity contribution in [3.63, 3.8) is 0 Å².